The molecular formula is C7H7O3. The van der Waals surface area contributed by atoms with Gasteiger partial charge in [-0.1, -0.05) is 0 Å². The van der Waals surface area contributed by atoms with Crippen molar-refractivity contribution in [3.05, 3.63) is 30.6 Å². The van der Waals surface area contributed by atoms with E-state index in [2.05, 4.69) is 11.7 Å². The average molecular weight is 139 g/mol. The molecule has 3 heteroatoms. The maximum atomic E-state index is 10.8. The Morgan fingerprint density at radius 1 is 1.70 bits per heavy atom. The van der Waals surface area contributed by atoms with E-state index in [0.29, 0.717) is 11.1 Å². The Labute approximate surface area is 58.6 Å². The number of carbonyl (C=O) groups is 1. The Kier molecular flexibility index (Phi) is 1.76. The maximum Gasteiger partial charge on any atom is 0.341 e. The Bertz CT molecular complexity index is 237. The Hall–Kier alpha value is -1.25. The second-order valence-electron chi connectivity index (χ2n) is 1.80. The van der Waals surface area contributed by atoms with Crippen LogP contribution in [-0.4, -0.2) is 13.1 Å². The molecule has 53 valence electrons. The number of rotatable bonds is 1. The van der Waals surface area contributed by atoms with E-state index >= 15 is 0 Å². The molecule has 0 bridgehead atoms. The van der Waals surface area contributed by atoms with Crippen LogP contribution in [0.1, 0.15) is 15.9 Å². The molecule has 0 atom stereocenters. The molecule has 0 unspecified atom stereocenters. The van der Waals surface area contributed by atoms with Gasteiger partial charge in [-0.25, -0.2) is 4.79 Å². The minimum atomic E-state index is -0.418. The monoisotopic (exact) mass is 139 g/mol. The largest absolute Gasteiger partial charge is 0.471 e. The van der Waals surface area contributed by atoms with E-state index in [1.54, 1.807) is 0 Å². The van der Waals surface area contributed by atoms with Crippen LogP contribution in [0.15, 0.2) is 16.9 Å². The topological polar surface area (TPSA) is 39.4 Å². The smallest absolute Gasteiger partial charge is 0.341 e. The molecule has 1 aromatic rings. The lowest BCUT2D eigenvalue weighted by Gasteiger charge is -1.93. The van der Waals surface area contributed by atoms with Crippen LogP contribution in [-0.2, 0) is 4.74 Å². The molecule has 0 aliphatic rings. The van der Waals surface area contributed by atoms with E-state index in [4.69, 9.17) is 4.42 Å². The van der Waals surface area contributed by atoms with E-state index in [9.17, 15) is 4.79 Å². The van der Waals surface area contributed by atoms with Gasteiger partial charge in [-0.05, 0) is 6.92 Å². The molecule has 0 aromatic carbocycles. The van der Waals surface area contributed by atoms with Gasteiger partial charge in [0.1, 0.15) is 11.8 Å². The summed E-state index contributed by atoms with van der Waals surface area (Å²) in [6.07, 6.45) is 2.71. The highest BCUT2D eigenvalue weighted by Gasteiger charge is 2.09. The van der Waals surface area contributed by atoms with Gasteiger partial charge in [-0.3, -0.25) is 0 Å². The zero-order chi connectivity index (χ0) is 7.56. The predicted octanol–water partition coefficient (Wildman–Crippen LogP) is 1.25. The highest BCUT2D eigenvalue weighted by Crippen LogP contribution is 2.08. The van der Waals surface area contributed by atoms with Gasteiger partial charge in [0.2, 0.25) is 0 Å². The molecule has 0 saturated heterocycles. The van der Waals surface area contributed by atoms with Crippen molar-refractivity contribution in [3.63, 3.8) is 0 Å². The minimum Gasteiger partial charge on any atom is -0.471 e. The fourth-order valence-corrected chi connectivity index (χ4v) is 0.613. The van der Waals surface area contributed by atoms with Crippen molar-refractivity contribution in [2.24, 2.45) is 0 Å². The van der Waals surface area contributed by atoms with Gasteiger partial charge in [0.25, 0.3) is 0 Å². The first-order valence-electron chi connectivity index (χ1n) is 2.72. The van der Waals surface area contributed by atoms with Crippen molar-refractivity contribution in [3.8, 4) is 0 Å². The minimum absolute atomic E-state index is 0.377. The molecular weight excluding hydrogens is 132 g/mol. The molecule has 1 aromatic heterocycles. The summed E-state index contributed by atoms with van der Waals surface area (Å²) in [5.74, 6) is -0.418. The third-order valence-electron chi connectivity index (χ3n) is 1.15. The Balaban J connectivity index is 2.93. The molecule has 1 rings (SSSR count). The fraction of sp³-hybridized carbons (Fsp3) is 0.143. The average Bonchev–Trinajstić information content (AvgIpc) is 2.34. The van der Waals surface area contributed by atoms with Crippen molar-refractivity contribution in [2.45, 2.75) is 0 Å². The van der Waals surface area contributed by atoms with E-state index in [1.165, 1.54) is 19.6 Å². The van der Waals surface area contributed by atoms with E-state index < -0.39 is 5.97 Å². The zero-order valence-corrected chi connectivity index (χ0v) is 5.59. The lowest BCUT2D eigenvalue weighted by molar-refractivity contribution is 0.0599. The molecule has 1 heterocycles. The summed E-state index contributed by atoms with van der Waals surface area (Å²) in [6, 6.07) is 0. The first kappa shape index (κ1) is 6.86. The highest BCUT2D eigenvalue weighted by molar-refractivity contribution is 5.90. The number of esters is 1. The predicted molar refractivity (Wildman–Crippen MR) is 34.5 cm³/mol. The second kappa shape index (κ2) is 2.56. The molecule has 0 amide bonds. The molecule has 0 fully saturated rings. The third kappa shape index (κ3) is 1.03. The number of ether oxygens (including phenoxy) is 1. The van der Waals surface area contributed by atoms with E-state index in [-0.39, 0.29) is 0 Å². The molecule has 0 spiro atoms. The van der Waals surface area contributed by atoms with Gasteiger partial charge in [0.05, 0.1) is 13.4 Å². The summed E-state index contributed by atoms with van der Waals surface area (Å²) in [6.45, 7) is 3.55. The van der Waals surface area contributed by atoms with Gasteiger partial charge < -0.3 is 9.15 Å². The number of hydrogen-bond donors (Lipinski definition) is 0. The van der Waals surface area contributed by atoms with Gasteiger partial charge in [-0.15, -0.1) is 0 Å². The molecule has 1 radical (unpaired) electrons. The summed E-state index contributed by atoms with van der Waals surface area (Å²) in [5.41, 5.74) is 0.925. The number of methoxy groups -OCH3 is 1. The van der Waals surface area contributed by atoms with Gasteiger partial charge in [0, 0.05) is 5.56 Å². The summed E-state index contributed by atoms with van der Waals surface area (Å²) >= 11 is 0. The second-order valence-corrected chi connectivity index (χ2v) is 1.80. The van der Waals surface area contributed by atoms with Crippen molar-refractivity contribution in [2.75, 3.05) is 7.11 Å². The van der Waals surface area contributed by atoms with Crippen molar-refractivity contribution in [1.82, 2.24) is 0 Å². The van der Waals surface area contributed by atoms with Crippen LogP contribution in [0.25, 0.3) is 0 Å². The number of furan rings is 1. The summed E-state index contributed by atoms with van der Waals surface area (Å²) in [4.78, 5) is 10.8. The Morgan fingerprint density at radius 2 is 2.40 bits per heavy atom. The lowest BCUT2D eigenvalue weighted by atomic mass is 10.2. The van der Waals surface area contributed by atoms with Crippen LogP contribution in [0.3, 0.4) is 0 Å². The van der Waals surface area contributed by atoms with Crippen LogP contribution in [0.4, 0.5) is 0 Å². The van der Waals surface area contributed by atoms with Crippen molar-refractivity contribution in [1.29, 1.82) is 0 Å². The first-order valence-corrected chi connectivity index (χ1v) is 2.72. The highest BCUT2D eigenvalue weighted by atomic mass is 16.5. The number of carbonyl (C=O) groups excluding carboxylic acids is 1. The molecule has 3 nitrogen and oxygen atoms in total. The first-order chi connectivity index (χ1) is 4.75. The fourth-order valence-electron chi connectivity index (χ4n) is 0.613. The molecule has 0 aliphatic carbocycles. The van der Waals surface area contributed by atoms with Crippen LogP contribution in [0.5, 0.6) is 0 Å². The van der Waals surface area contributed by atoms with Crippen LogP contribution < -0.4 is 0 Å². The zero-order valence-electron chi connectivity index (χ0n) is 5.59. The summed E-state index contributed by atoms with van der Waals surface area (Å²) < 4.78 is 9.14. The lowest BCUT2D eigenvalue weighted by Crippen LogP contribution is -2.00. The van der Waals surface area contributed by atoms with Crippen molar-refractivity contribution < 1.29 is 13.9 Å². The van der Waals surface area contributed by atoms with Crippen LogP contribution >= 0.6 is 0 Å². The Morgan fingerprint density at radius 3 is 2.80 bits per heavy atom. The SMILES string of the molecule is [CH2]c1cocc1C(=O)OC. The number of hydrogen-bond acceptors (Lipinski definition) is 3. The van der Waals surface area contributed by atoms with Crippen LogP contribution in [0.2, 0.25) is 0 Å². The van der Waals surface area contributed by atoms with Crippen molar-refractivity contribution >= 4 is 5.97 Å². The summed E-state index contributed by atoms with van der Waals surface area (Å²) in [5, 5.41) is 0. The molecule has 0 saturated carbocycles. The summed E-state index contributed by atoms with van der Waals surface area (Å²) in [7, 11) is 1.31. The maximum absolute atomic E-state index is 10.8. The van der Waals surface area contributed by atoms with E-state index in [1.807, 2.05) is 0 Å². The molecule has 0 aliphatic heterocycles. The molecule has 10 heavy (non-hydrogen) atoms. The van der Waals surface area contributed by atoms with Gasteiger partial charge >= 0.3 is 5.97 Å². The van der Waals surface area contributed by atoms with Gasteiger partial charge in [0.15, 0.2) is 0 Å². The third-order valence-corrected chi connectivity index (χ3v) is 1.15. The van der Waals surface area contributed by atoms with E-state index in [0.717, 1.165) is 0 Å². The van der Waals surface area contributed by atoms with Crippen LogP contribution in [0, 0.1) is 6.92 Å². The quantitative estimate of drug-likeness (QED) is 0.549. The standard InChI is InChI=1S/C7H7O3/c1-5-3-10-4-6(5)7(8)9-2/h3-4H,1H2,2H3. The molecule has 0 N–H and O–H groups in total. The normalized spacial score (nSPS) is 9.40. The van der Waals surface area contributed by atoms with Gasteiger partial charge in [-0.2, -0.15) is 0 Å².